The first-order valence-electron chi connectivity index (χ1n) is 7.67. The number of nitrogens with zero attached hydrogens (tertiary/aromatic N) is 1. The predicted octanol–water partition coefficient (Wildman–Crippen LogP) is 3.10. The van der Waals surface area contributed by atoms with E-state index in [1.54, 1.807) is 0 Å². The van der Waals surface area contributed by atoms with Crippen LogP contribution in [0, 0.1) is 11.8 Å². The number of ether oxygens (including phenoxy) is 1. The van der Waals surface area contributed by atoms with E-state index >= 15 is 0 Å². The molecule has 4 heteroatoms. The summed E-state index contributed by atoms with van der Waals surface area (Å²) in [7, 11) is 2.07. The summed E-state index contributed by atoms with van der Waals surface area (Å²) in [6.45, 7) is 2.07. The third kappa shape index (κ3) is 4.62. The van der Waals surface area contributed by atoms with E-state index in [-0.39, 0.29) is 12.4 Å². The van der Waals surface area contributed by atoms with Crippen LogP contribution in [0.2, 0.25) is 0 Å². The highest BCUT2D eigenvalue weighted by atomic mass is 35.5. The van der Waals surface area contributed by atoms with Gasteiger partial charge in [-0.3, -0.25) is 0 Å². The maximum Gasteiger partial charge on any atom is 0.149 e. The second kappa shape index (κ2) is 7.70. The lowest BCUT2D eigenvalue weighted by molar-refractivity contribution is 0.0348. The number of benzene rings is 2. The molecule has 0 radical (unpaired) electrons. The number of halogens is 1. The molecule has 1 N–H and O–H groups in total. The molecule has 0 atom stereocenters. The Kier molecular flexibility index (Phi) is 5.90. The number of hydrogen-bond donors (Lipinski definition) is 1. The summed E-state index contributed by atoms with van der Waals surface area (Å²) >= 11 is 0. The molecule has 3 nitrogen and oxygen atoms in total. The summed E-state index contributed by atoms with van der Waals surface area (Å²) in [4.78, 5) is 2.21. The summed E-state index contributed by atoms with van der Waals surface area (Å²) < 4.78 is 5.68. The predicted molar refractivity (Wildman–Crippen MR) is 96.1 cm³/mol. The van der Waals surface area contributed by atoms with E-state index in [1.807, 2.05) is 30.3 Å². The Bertz CT molecular complexity index is 712. The van der Waals surface area contributed by atoms with E-state index in [0.29, 0.717) is 19.4 Å². The lowest BCUT2D eigenvalue weighted by atomic mass is 9.92. The lowest BCUT2D eigenvalue weighted by Crippen LogP contribution is -2.41. The molecule has 2 aromatic carbocycles. The van der Waals surface area contributed by atoms with Gasteiger partial charge >= 0.3 is 0 Å². The van der Waals surface area contributed by atoms with Gasteiger partial charge in [0, 0.05) is 25.9 Å². The molecule has 0 aliphatic carbocycles. The van der Waals surface area contributed by atoms with Crippen LogP contribution in [0.25, 0.3) is 10.8 Å². The summed E-state index contributed by atoms with van der Waals surface area (Å²) in [6.07, 6.45) is 1.40. The first-order chi connectivity index (χ1) is 10.6. The molecule has 0 amide bonds. The summed E-state index contributed by atoms with van der Waals surface area (Å²) in [5, 5.41) is 12.7. The molecule has 1 saturated heterocycles. The van der Waals surface area contributed by atoms with Crippen molar-refractivity contribution in [2.24, 2.45) is 0 Å². The monoisotopic (exact) mass is 331 g/mol. The number of fused-ring (bicyclic) bond motifs is 1. The van der Waals surface area contributed by atoms with Crippen molar-refractivity contribution in [2.45, 2.75) is 18.4 Å². The van der Waals surface area contributed by atoms with Crippen molar-refractivity contribution in [3.63, 3.8) is 0 Å². The van der Waals surface area contributed by atoms with Crippen LogP contribution in [-0.4, -0.2) is 42.4 Å². The van der Waals surface area contributed by atoms with E-state index in [4.69, 9.17) is 4.74 Å². The van der Waals surface area contributed by atoms with Crippen molar-refractivity contribution in [2.75, 3.05) is 26.7 Å². The zero-order valence-corrected chi connectivity index (χ0v) is 14.1. The second-order valence-corrected chi connectivity index (χ2v) is 5.93. The van der Waals surface area contributed by atoms with Gasteiger partial charge in [0.15, 0.2) is 0 Å². The van der Waals surface area contributed by atoms with Crippen LogP contribution >= 0.6 is 12.4 Å². The van der Waals surface area contributed by atoms with Crippen LogP contribution in [0.4, 0.5) is 0 Å². The average Bonchev–Trinajstić information content (AvgIpc) is 2.55. The van der Waals surface area contributed by atoms with Gasteiger partial charge in [-0.2, -0.15) is 0 Å². The zero-order chi connectivity index (χ0) is 15.4. The molecule has 2 aromatic rings. The van der Waals surface area contributed by atoms with E-state index in [2.05, 4.69) is 35.9 Å². The maximum absolute atomic E-state index is 10.4. The minimum atomic E-state index is -0.848. The standard InChI is InChI=1S/C19H21NO2.ClH/c1-20-12-10-19(21,11-13-20)9-4-14-22-18-8-7-16-5-2-3-6-17(16)15-18;/h2-3,5-8,15,21H,10-14H2,1H3;1H. The van der Waals surface area contributed by atoms with Crippen LogP contribution < -0.4 is 4.74 Å². The molecule has 1 fully saturated rings. The largest absolute Gasteiger partial charge is 0.481 e. The van der Waals surface area contributed by atoms with Gasteiger partial charge in [-0.15, -0.1) is 12.4 Å². The Labute approximate surface area is 143 Å². The van der Waals surface area contributed by atoms with Crippen LogP contribution in [-0.2, 0) is 0 Å². The van der Waals surface area contributed by atoms with Crippen LogP contribution in [0.15, 0.2) is 42.5 Å². The van der Waals surface area contributed by atoms with Gasteiger partial charge in [0.1, 0.15) is 18.0 Å². The van der Waals surface area contributed by atoms with E-state index in [0.717, 1.165) is 24.2 Å². The van der Waals surface area contributed by atoms with Gasteiger partial charge < -0.3 is 14.7 Å². The zero-order valence-electron chi connectivity index (χ0n) is 13.3. The number of likely N-dealkylation sites (tertiary alicyclic amines) is 1. The van der Waals surface area contributed by atoms with Crippen molar-refractivity contribution >= 4 is 23.2 Å². The molecule has 1 aliphatic heterocycles. The first-order valence-corrected chi connectivity index (χ1v) is 7.67. The Morgan fingerprint density at radius 2 is 1.83 bits per heavy atom. The first kappa shape index (κ1) is 17.6. The van der Waals surface area contributed by atoms with Gasteiger partial charge in [-0.25, -0.2) is 0 Å². The average molecular weight is 332 g/mol. The number of piperidine rings is 1. The van der Waals surface area contributed by atoms with Gasteiger partial charge in [-0.05, 0) is 30.0 Å². The Morgan fingerprint density at radius 1 is 1.13 bits per heavy atom. The molecule has 0 unspecified atom stereocenters. The van der Waals surface area contributed by atoms with E-state index in [1.165, 1.54) is 5.39 Å². The van der Waals surface area contributed by atoms with Crippen molar-refractivity contribution in [1.29, 1.82) is 0 Å². The molecule has 0 saturated carbocycles. The number of aliphatic hydroxyl groups is 1. The number of hydrogen-bond acceptors (Lipinski definition) is 3. The third-order valence-corrected chi connectivity index (χ3v) is 4.17. The fourth-order valence-corrected chi connectivity index (χ4v) is 2.69. The van der Waals surface area contributed by atoms with Crippen LogP contribution in [0.3, 0.4) is 0 Å². The molecule has 122 valence electrons. The van der Waals surface area contributed by atoms with Crippen molar-refractivity contribution in [3.05, 3.63) is 42.5 Å². The topological polar surface area (TPSA) is 32.7 Å². The van der Waals surface area contributed by atoms with Crippen molar-refractivity contribution in [3.8, 4) is 17.6 Å². The van der Waals surface area contributed by atoms with E-state index in [9.17, 15) is 5.11 Å². The fraction of sp³-hybridized carbons (Fsp3) is 0.368. The third-order valence-electron chi connectivity index (χ3n) is 4.17. The molecular formula is C19H22ClNO2. The lowest BCUT2D eigenvalue weighted by Gasteiger charge is -2.32. The van der Waals surface area contributed by atoms with E-state index < -0.39 is 5.60 Å². The highest BCUT2D eigenvalue weighted by Crippen LogP contribution is 2.21. The van der Waals surface area contributed by atoms with Crippen LogP contribution in [0.5, 0.6) is 5.75 Å². The SMILES string of the molecule is CN1CCC(O)(C#CCOc2ccc3ccccc3c2)CC1.Cl. The van der Waals surface area contributed by atoms with Gasteiger partial charge in [0.2, 0.25) is 0 Å². The summed E-state index contributed by atoms with van der Waals surface area (Å²) in [5.74, 6) is 6.75. The Balaban J connectivity index is 0.00000192. The highest BCUT2D eigenvalue weighted by Gasteiger charge is 2.28. The molecule has 0 aromatic heterocycles. The number of rotatable bonds is 2. The molecule has 23 heavy (non-hydrogen) atoms. The highest BCUT2D eigenvalue weighted by molar-refractivity contribution is 5.85. The maximum atomic E-state index is 10.4. The smallest absolute Gasteiger partial charge is 0.149 e. The molecular weight excluding hydrogens is 310 g/mol. The van der Waals surface area contributed by atoms with Crippen molar-refractivity contribution in [1.82, 2.24) is 4.90 Å². The summed E-state index contributed by atoms with van der Waals surface area (Å²) in [6, 6.07) is 14.2. The second-order valence-electron chi connectivity index (χ2n) is 5.93. The molecule has 1 aliphatic rings. The summed E-state index contributed by atoms with van der Waals surface area (Å²) in [5.41, 5.74) is -0.848. The Hall–Kier alpha value is -1.73. The normalized spacial score (nSPS) is 17.0. The van der Waals surface area contributed by atoms with Crippen molar-refractivity contribution < 1.29 is 9.84 Å². The fourth-order valence-electron chi connectivity index (χ4n) is 2.69. The van der Waals surface area contributed by atoms with Gasteiger partial charge in [0.05, 0.1) is 0 Å². The molecule has 1 heterocycles. The molecule has 0 spiro atoms. The van der Waals surface area contributed by atoms with Gasteiger partial charge in [-0.1, -0.05) is 42.2 Å². The van der Waals surface area contributed by atoms with Crippen LogP contribution in [0.1, 0.15) is 12.8 Å². The quantitative estimate of drug-likeness (QED) is 0.858. The molecule has 0 bridgehead atoms. The molecule has 3 rings (SSSR count). The Morgan fingerprint density at radius 3 is 2.57 bits per heavy atom. The van der Waals surface area contributed by atoms with Gasteiger partial charge in [0.25, 0.3) is 0 Å². The minimum absolute atomic E-state index is 0. The minimum Gasteiger partial charge on any atom is -0.481 e.